The second kappa shape index (κ2) is 11.6. The zero-order chi connectivity index (χ0) is 27.3. The predicted molar refractivity (Wildman–Crippen MR) is 141 cm³/mol. The summed E-state index contributed by atoms with van der Waals surface area (Å²) < 4.78 is 46.6. The molecule has 1 aliphatic carbocycles. The summed E-state index contributed by atoms with van der Waals surface area (Å²) in [6, 6.07) is 18.6. The molecule has 0 radical (unpaired) electrons. The first-order chi connectivity index (χ1) is 18.1. The van der Waals surface area contributed by atoms with Crippen LogP contribution in [0.15, 0.2) is 72.9 Å². The van der Waals surface area contributed by atoms with Crippen LogP contribution in [0.3, 0.4) is 0 Å². The highest BCUT2D eigenvalue weighted by molar-refractivity contribution is 6.30. The molecule has 0 spiro atoms. The molecule has 38 heavy (non-hydrogen) atoms. The standard InChI is InChI=1S/C29H31ClF3N3O2/c1-20(31)29(32,33)38-25-14-8-11-22(17-25)28(18-21-9-4-3-5-10-21,26-16-15-23(30)19-34-26)35-27(37)36(2)24-12-6-7-13-24/h3-5,8-11,14-17,19-20,24H,6-7,12-13,18H2,1-2H3,(H,35,37)/t20?,28-/m1/s1. The number of hydrogen-bond acceptors (Lipinski definition) is 3. The van der Waals surface area contributed by atoms with Gasteiger partial charge in [-0.1, -0.05) is 66.9 Å². The van der Waals surface area contributed by atoms with Gasteiger partial charge in [0.2, 0.25) is 6.17 Å². The maximum atomic E-state index is 14.2. The Morgan fingerprint density at radius 1 is 1.13 bits per heavy atom. The number of nitrogens with zero attached hydrogens (tertiary/aromatic N) is 2. The van der Waals surface area contributed by atoms with E-state index in [0.717, 1.165) is 38.2 Å². The minimum Gasteiger partial charge on any atom is -0.430 e. The summed E-state index contributed by atoms with van der Waals surface area (Å²) in [5.74, 6) is -0.234. The van der Waals surface area contributed by atoms with Crippen LogP contribution in [0.2, 0.25) is 5.02 Å². The van der Waals surface area contributed by atoms with E-state index >= 15 is 0 Å². The van der Waals surface area contributed by atoms with Crippen LogP contribution in [-0.2, 0) is 12.0 Å². The van der Waals surface area contributed by atoms with Gasteiger partial charge in [-0.3, -0.25) is 4.98 Å². The third-order valence-corrected chi connectivity index (χ3v) is 7.26. The van der Waals surface area contributed by atoms with E-state index in [-0.39, 0.29) is 24.2 Å². The molecule has 0 aliphatic heterocycles. The Morgan fingerprint density at radius 2 is 1.84 bits per heavy atom. The van der Waals surface area contributed by atoms with Gasteiger partial charge in [0, 0.05) is 25.7 Å². The molecule has 2 aromatic carbocycles. The van der Waals surface area contributed by atoms with Crippen LogP contribution in [0.4, 0.5) is 18.0 Å². The van der Waals surface area contributed by atoms with Gasteiger partial charge in [0.25, 0.3) is 0 Å². The second-order valence-electron chi connectivity index (χ2n) is 9.72. The monoisotopic (exact) mass is 545 g/mol. The van der Waals surface area contributed by atoms with Crippen LogP contribution in [0.25, 0.3) is 0 Å². The van der Waals surface area contributed by atoms with Crippen molar-refractivity contribution in [2.45, 2.75) is 62.9 Å². The Kier molecular flexibility index (Phi) is 8.51. The van der Waals surface area contributed by atoms with Crippen molar-refractivity contribution in [1.82, 2.24) is 15.2 Å². The Bertz CT molecular complexity index is 1220. The lowest BCUT2D eigenvalue weighted by Crippen LogP contribution is -2.54. The molecule has 0 saturated heterocycles. The number of ether oxygens (including phenoxy) is 1. The molecule has 0 bridgehead atoms. The smallest absolute Gasteiger partial charge is 0.429 e. The van der Waals surface area contributed by atoms with Crippen molar-refractivity contribution in [2.24, 2.45) is 0 Å². The topological polar surface area (TPSA) is 54.5 Å². The molecule has 9 heteroatoms. The van der Waals surface area contributed by atoms with Crippen LogP contribution < -0.4 is 10.1 Å². The van der Waals surface area contributed by atoms with Crippen LogP contribution >= 0.6 is 11.6 Å². The first-order valence-electron chi connectivity index (χ1n) is 12.6. The zero-order valence-electron chi connectivity index (χ0n) is 21.3. The lowest BCUT2D eigenvalue weighted by molar-refractivity contribution is -0.215. The maximum absolute atomic E-state index is 14.2. The summed E-state index contributed by atoms with van der Waals surface area (Å²) in [7, 11) is 1.76. The number of alkyl halides is 3. The van der Waals surface area contributed by atoms with E-state index in [9.17, 15) is 18.0 Å². The molecule has 2 atom stereocenters. The number of carbonyl (C=O) groups excluding carboxylic acids is 1. The molecule has 2 amide bonds. The molecule has 1 unspecified atom stereocenters. The molecule has 202 valence electrons. The van der Waals surface area contributed by atoms with Crippen molar-refractivity contribution in [1.29, 1.82) is 0 Å². The van der Waals surface area contributed by atoms with Crippen molar-refractivity contribution < 1.29 is 22.7 Å². The molecule has 1 aromatic heterocycles. The summed E-state index contributed by atoms with van der Waals surface area (Å²) >= 11 is 6.14. The fraction of sp³-hybridized carbons (Fsp3) is 0.379. The molecular weight excluding hydrogens is 515 g/mol. The molecule has 1 aliphatic rings. The Labute approximate surface area is 226 Å². The maximum Gasteiger partial charge on any atom is 0.429 e. The van der Waals surface area contributed by atoms with Gasteiger partial charge in [-0.25, -0.2) is 9.18 Å². The van der Waals surface area contributed by atoms with E-state index < -0.39 is 17.8 Å². The summed E-state index contributed by atoms with van der Waals surface area (Å²) in [5.41, 5.74) is 0.499. The summed E-state index contributed by atoms with van der Waals surface area (Å²) in [5, 5.41) is 3.59. The average molecular weight is 546 g/mol. The van der Waals surface area contributed by atoms with Crippen LogP contribution in [0.5, 0.6) is 5.75 Å². The van der Waals surface area contributed by atoms with Gasteiger partial charge in [0.1, 0.15) is 11.3 Å². The summed E-state index contributed by atoms with van der Waals surface area (Å²) in [6.45, 7) is 0.736. The van der Waals surface area contributed by atoms with Crippen molar-refractivity contribution in [3.63, 3.8) is 0 Å². The molecule has 1 saturated carbocycles. The molecule has 1 heterocycles. The fourth-order valence-electron chi connectivity index (χ4n) is 4.84. The zero-order valence-corrected chi connectivity index (χ0v) is 22.1. The van der Waals surface area contributed by atoms with E-state index in [4.69, 9.17) is 16.3 Å². The van der Waals surface area contributed by atoms with Gasteiger partial charge in [0.15, 0.2) is 0 Å². The lowest BCUT2D eigenvalue weighted by Gasteiger charge is -2.38. The third-order valence-electron chi connectivity index (χ3n) is 7.03. The number of halogens is 4. The van der Waals surface area contributed by atoms with E-state index in [1.807, 2.05) is 30.3 Å². The lowest BCUT2D eigenvalue weighted by atomic mass is 9.80. The number of rotatable bonds is 9. The highest BCUT2D eigenvalue weighted by Crippen LogP contribution is 2.37. The number of amides is 2. The van der Waals surface area contributed by atoms with Crippen LogP contribution in [0.1, 0.15) is 49.4 Å². The van der Waals surface area contributed by atoms with Gasteiger partial charge >= 0.3 is 12.1 Å². The van der Waals surface area contributed by atoms with Crippen molar-refractivity contribution in [2.75, 3.05) is 7.05 Å². The van der Waals surface area contributed by atoms with Gasteiger partial charge < -0.3 is 15.0 Å². The Hall–Kier alpha value is -3.26. The van der Waals surface area contributed by atoms with Crippen molar-refractivity contribution >= 4 is 17.6 Å². The number of aromatic nitrogens is 1. The van der Waals surface area contributed by atoms with Crippen molar-refractivity contribution in [3.8, 4) is 5.75 Å². The van der Waals surface area contributed by atoms with E-state index in [0.29, 0.717) is 16.3 Å². The second-order valence-corrected chi connectivity index (χ2v) is 10.2. The summed E-state index contributed by atoms with van der Waals surface area (Å²) in [6.07, 6.45) is -0.880. The fourth-order valence-corrected chi connectivity index (χ4v) is 4.95. The average Bonchev–Trinajstić information content (AvgIpc) is 3.44. The highest BCUT2D eigenvalue weighted by Gasteiger charge is 2.42. The van der Waals surface area contributed by atoms with E-state index in [2.05, 4.69) is 10.3 Å². The van der Waals surface area contributed by atoms with Gasteiger partial charge in [-0.05, 0) is 55.2 Å². The number of nitrogens with one attached hydrogen (secondary N) is 1. The third kappa shape index (κ3) is 6.23. The largest absolute Gasteiger partial charge is 0.430 e. The van der Waals surface area contributed by atoms with Gasteiger partial charge in [0.05, 0.1) is 10.7 Å². The Morgan fingerprint density at radius 3 is 2.47 bits per heavy atom. The van der Waals surface area contributed by atoms with Crippen LogP contribution in [-0.4, -0.2) is 41.3 Å². The number of carbonyl (C=O) groups is 1. The summed E-state index contributed by atoms with van der Waals surface area (Å²) in [4.78, 5) is 20.0. The number of pyridine rings is 1. The molecule has 1 fully saturated rings. The first kappa shape index (κ1) is 27.8. The molecule has 5 nitrogen and oxygen atoms in total. The van der Waals surface area contributed by atoms with Crippen molar-refractivity contribution in [3.05, 3.63) is 94.8 Å². The van der Waals surface area contributed by atoms with E-state index in [1.165, 1.54) is 24.4 Å². The number of benzene rings is 2. The molecule has 1 N–H and O–H groups in total. The van der Waals surface area contributed by atoms with Gasteiger partial charge in [-0.2, -0.15) is 8.78 Å². The van der Waals surface area contributed by atoms with Crippen LogP contribution in [0, 0.1) is 0 Å². The minimum absolute atomic E-state index is 0.0991. The molecular formula is C29H31ClF3N3O2. The molecule has 3 aromatic rings. The normalized spacial score (nSPS) is 16.5. The van der Waals surface area contributed by atoms with Gasteiger partial charge in [-0.15, -0.1) is 0 Å². The first-order valence-corrected chi connectivity index (χ1v) is 13.0. The highest BCUT2D eigenvalue weighted by atomic mass is 35.5. The predicted octanol–water partition coefficient (Wildman–Crippen LogP) is 7.13. The molecule has 4 rings (SSSR count). The quantitative estimate of drug-likeness (QED) is 0.311. The number of urea groups is 1. The SMILES string of the molecule is CC(F)C(F)(F)Oc1cccc([C@@](Cc2ccccc2)(NC(=O)N(C)C2CCCC2)c2ccc(Cl)cn2)c1. The number of hydrogen-bond donors (Lipinski definition) is 1. The van der Waals surface area contributed by atoms with E-state index in [1.54, 1.807) is 30.1 Å². The minimum atomic E-state index is -4.02. The Balaban J connectivity index is 1.84.